The first kappa shape index (κ1) is 16.5. The van der Waals surface area contributed by atoms with Gasteiger partial charge < -0.3 is 9.88 Å². The number of imidazole rings is 1. The largest absolute Gasteiger partial charge is 0.334 e. The summed E-state index contributed by atoms with van der Waals surface area (Å²) in [5.41, 5.74) is 1.77. The fraction of sp³-hybridized carbons (Fsp3) is 0.833. The second-order valence-electron chi connectivity index (χ2n) is 7.38. The Bertz CT molecular complexity index is 402. The zero-order chi connectivity index (χ0) is 15.1. The molecule has 0 saturated carbocycles. The molecule has 120 valence electrons. The van der Waals surface area contributed by atoms with Crippen molar-refractivity contribution in [3.05, 3.63) is 18.2 Å². The molecule has 0 radical (unpaired) electrons. The van der Waals surface area contributed by atoms with Crippen molar-refractivity contribution in [2.75, 3.05) is 13.1 Å². The lowest BCUT2D eigenvalue weighted by molar-refractivity contribution is 0.315. The number of nitrogens with zero attached hydrogens (tertiary/aromatic N) is 2. The Morgan fingerprint density at radius 2 is 1.90 bits per heavy atom. The maximum absolute atomic E-state index is 4.42. The van der Waals surface area contributed by atoms with Gasteiger partial charge in [-0.2, -0.15) is 0 Å². The van der Waals surface area contributed by atoms with Gasteiger partial charge in [-0.25, -0.2) is 4.98 Å². The van der Waals surface area contributed by atoms with Crippen LogP contribution in [0.3, 0.4) is 0 Å². The molecule has 1 fully saturated rings. The Morgan fingerprint density at radius 3 is 2.62 bits per heavy atom. The molecule has 1 saturated heterocycles. The molecular weight excluding hydrogens is 258 g/mol. The number of hydrogen-bond donors (Lipinski definition) is 1. The van der Waals surface area contributed by atoms with Crippen LogP contribution in [0.2, 0.25) is 0 Å². The van der Waals surface area contributed by atoms with Crippen LogP contribution in [0.1, 0.15) is 71.4 Å². The molecule has 0 aliphatic carbocycles. The van der Waals surface area contributed by atoms with E-state index in [1.165, 1.54) is 50.6 Å². The van der Waals surface area contributed by atoms with Gasteiger partial charge in [0.25, 0.3) is 0 Å². The third kappa shape index (κ3) is 4.84. The molecule has 0 amide bonds. The second-order valence-corrected chi connectivity index (χ2v) is 7.38. The number of piperidine rings is 1. The van der Waals surface area contributed by atoms with Gasteiger partial charge in [0.2, 0.25) is 0 Å². The van der Waals surface area contributed by atoms with Crippen LogP contribution >= 0.6 is 0 Å². The SMILES string of the molecule is CC(C)CCCCCCn1cncc1C1(C)CCNCC1. The van der Waals surface area contributed by atoms with Gasteiger partial charge in [-0.15, -0.1) is 0 Å². The fourth-order valence-corrected chi connectivity index (χ4v) is 3.42. The van der Waals surface area contributed by atoms with Crippen LogP contribution in [0.4, 0.5) is 0 Å². The predicted molar refractivity (Wildman–Crippen MR) is 89.6 cm³/mol. The summed E-state index contributed by atoms with van der Waals surface area (Å²) in [6, 6.07) is 0. The maximum Gasteiger partial charge on any atom is 0.0948 e. The van der Waals surface area contributed by atoms with Crippen molar-refractivity contribution in [3.63, 3.8) is 0 Å². The van der Waals surface area contributed by atoms with E-state index in [0.29, 0.717) is 5.41 Å². The van der Waals surface area contributed by atoms with Gasteiger partial charge in [0.05, 0.1) is 6.33 Å². The Balaban J connectivity index is 1.78. The lowest BCUT2D eigenvalue weighted by atomic mass is 9.78. The fourth-order valence-electron chi connectivity index (χ4n) is 3.42. The van der Waals surface area contributed by atoms with Crippen molar-refractivity contribution in [1.82, 2.24) is 14.9 Å². The van der Waals surface area contributed by atoms with Gasteiger partial charge in [0.15, 0.2) is 0 Å². The van der Waals surface area contributed by atoms with E-state index in [4.69, 9.17) is 0 Å². The van der Waals surface area contributed by atoms with E-state index in [2.05, 4.69) is 41.8 Å². The van der Waals surface area contributed by atoms with Crippen LogP contribution in [-0.2, 0) is 12.0 Å². The van der Waals surface area contributed by atoms with Crippen molar-refractivity contribution in [1.29, 1.82) is 0 Å². The Morgan fingerprint density at radius 1 is 1.19 bits per heavy atom. The number of aromatic nitrogens is 2. The highest BCUT2D eigenvalue weighted by atomic mass is 15.1. The first-order chi connectivity index (χ1) is 10.1. The van der Waals surface area contributed by atoms with Gasteiger partial charge in [-0.05, 0) is 38.3 Å². The van der Waals surface area contributed by atoms with E-state index in [9.17, 15) is 0 Å². The van der Waals surface area contributed by atoms with Crippen LogP contribution in [0.25, 0.3) is 0 Å². The minimum atomic E-state index is 0.319. The summed E-state index contributed by atoms with van der Waals surface area (Å²) in [4.78, 5) is 4.42. The Hall–Kier alpha value is -0.830. The second kappa shape index (κ2) is 7.98. The number of nitrogens with one attached hydrogen (secondary N) is 1. The average Bonchev–Trinajstić information content (AvgIpc) is 2.92. The lowest BCUT2D eigenvalue weighted by Gasteiger charge is -2.34. The van der Waals surface area contributed by atoms with Gasteiger partial charge >= 0.3 is 0 Å². The van der Waals surface area contributed by atoms with Crippen molar-refractivity contribution in [2.45, 2.75) is 77.7 Å². The first-order valence-electron chi connectivity index (χ1n) is 8.83. The quantitative estimate of drug-likeness (QED) is 0.730. The van der Waals surface area contributed by atoms with Crippen LogP contribution < -0.4 is 5.32 Å². The number of unbranched alkanes of at least 4 members (excludes halogenated alkanes) is 3. The summed E-state index contributed by atoms with van der Waals surface area (Å²) in [6.07, 6.45) is 13.4. The molecule has 0 bridgehead atoms. The lowest BCUT2D eigenvalue weighted by Crippen LogP contribution is -2.39. The first-order valence-corrected chi connectivity index (χ1v) is 8.83. The van der Waals surface area contributed by atoms with Crippen molar-refractivity contribution in [3.8, 4) is 0 Å². The van der Waals surface area contributed by atoms with Crippen molar-refractivity contribution in [2.24, 2.45) is 5.92 Å². The topological polar surface area (TPSA) is 29.9 Å². The highest BCUT2D eigenvalue weighted by Crippen LogP contribution is 2.32. The van der Waals surface area contributed by atoms with E-state index >= 15 is 0 Å². The number of hydrogen-bond acceptors (Lipinski definition) is 2. The summed E-state index contributed by atoms with van der Waals surface area (Å²) < 4.78 is 2.41. The molecule has 1 aromatic rings. The van der Waals surface area contributed by atoms with Gasteiger partial charge in [0, 0.05) is 23.9 Å². The molecule has 0 atom stereocenters. The summed E-state index contributed by atoms with van der Waals surface area (Å²) in [7, 11) is 0. The summed E-state index contributed by atoms with van der Waals surface area (Å²) in [5, 5.41) is 3.47. The van der Waals surface area contributed by atoms with Crippen LogP contribution in [0.15, 0.2) is 12.5 Å². The van der Waals surface area contributed by atoms with Gasteiger partial charge in [-0.1, -0.05) is 46.5 Å². The normalized spacial score (nSPS) is 18.3. The third-order valence-corrected chi connectivity index (χ3v) is 4.97. The molecule has 3 nitrogen and oxygen atoms in total. The minimum absolute atomic E-state index is 0.319. The predicted octanol–water partition coefficient (Wildman–Crippen LogP) is 4.13. The van der Waals surface area contributed by atoms with E-state index in [1.54, 1.807) is 0 Å². The molecule has 1 aliphatic rings. The van der Waals surface area contributed by atoms with Crippen LogP contribution in [0, 0.1) is 5.92 Å². The summed E-state index contributed by atoms with van der Waals surface area (Å²) in [6.45, 7) is 10.5. The molecule has 21 heavy (non-hydrogen) atoms. The molecule has 1 N–H and O–H groups in total. The highest BCUT2D eigenvalue weighted by Gasteiger charge is 2.31. The number of aryl methyl sites for hydroxylation is 1. The van der Waals surface area contributed by atoms with Crippen LogP contribution in [-0.4, -0.2) is 22.6 Å². The molecule has 2 rings (SSSR count). The Kier molecular flexibility index (Phi) is 6.28. The molecule has 2 heterocycles. The molecule has 1 aromatic heterocycles. The zero-order valence-corrected chi connectivity index (χ0v) is 14.2. The van der Waals surface area contributed by atoms with E-state index in [-0.39, 0.29) is 0 Å². The molecule has 1 aliphatic heterocycles. The molecule has 0 spiro atoms. The van der Waals surface area contributed by atoms with E-state index in [1.807, 2.05) is 6.33 Å². The minimum Gasteiger partial charge on any atom is -0.334 e. The van der Waals surface area contributed by atoms with Crippen molar-refractivity contribution >= 4 is 0 Å². The highest BCUT2D eigenvalue weighted by molar-refractivity contribution is 5.15. The standard InChI is InChI=1S/C18H33N3/c1-16(2)8-6-4-5-7-13-21-15-20-14-17(21)18(3)9-11-19-12-10-18/h14-16,19H,4-13H2,1-3H3. The Labute approximate surface area is 130 Å². The van der Waals surface area contributed by atoms with Crippen molar-refractivity contribution < 1.29 is 0 Å². The number of rotatable bonds is 8. The third-order valence-electron chi connectivity index (χ3n) is 4.97. The molecule has 3 heteroatoms. The molecule has 0 aromatic carbocycles. The van der Waals surface area contributed by atoms with E-state index < -0.39 is 0 Å². The smallest absolute Gasteiger partial charge is 0.0948 e. The molecule has 0 unspecified atom stereocenters. The van der Waals surface area contributed by atoms with Gasteiger partial charge in [-0.3, -0.25) is 0 Å². The van der Waals surface area contributed by atoms with Crippen LogP contribution in [0.5, 0.6) is 0 Å². The average molecular weight is 291 g/mol. The van der Waals surface area contributed by atoms with E-state index in [0.717, 1.165) is 25.6 Å². The maximum atomic E-state index is 4.42. The zero-order valence-electron chi connectivity index (χ0n) is 14.2. The monoisotopic (exact) mass is 291 g/mol. The summed E-state index contributed by atoms with van der Waals surface area (Å²) >= 11 is 0. The summed E-state index contributed by atoms with van der Waals surface area (Å²) in [5.74, 6) is 0.852. The van der Waals surface area contributed by atoms with Gasteiger partial charge in [0.1, 0.15) is 0 Å². The molecular formula is C18H33N3.